The minimum Gasteiger partial charge on any atom is -0.350 e. The molecule has 0 radical (unpaired) electrons. The van der Waals surface area contributed by atoms with Gasteiger partial charge < -0.3 is 5.32 Å². The summed E-state index contributed by atoms with van der Waals surface area (Å²) in [5, 5.41) is 14.1. The fourth-order valence-corrected chi connectivity index (χ4v) is 4.24. The van der Waals surface area contributed by atoms with Gasteiger partial charge in [-0.3, -0.25) is 19.7 Å². The molecule has 1 saturated heterocycles. The van der Waals surface area contributed by atoms with Gasteiger partial charge in [0.05, 0.1) is 15.4 Å². The van der Waals surface area contributed by atoms with E-state index in [1.807, 2.05) is 0 Å². The lowest BCUT2D eigenvalue weighted by Crippen LogP contribution is -2.37. The zero-order chi connectivity index (χ0) is 21.8. The van der Waals surface area contributed by atoms with E-state index in [0.717, 1.165) is 9.87 Å². The SMILES string of the molecule is O=C1CN(S(=O)c2ccc(CCl)cc2)C(=O)/C(=C/c2cc(Cl)ccc2[N+](=O)[O-])CN1. The average Bonchev–Trinajstić information content (AvgIpc) is 2.86. The fraction of sp³-hybridized carbons (Fsp3) is 0.158. The maximum atomic E-state index is 13.0. The Hall–Kier alpha value is -2.75. The van der Waals surface area contributed by atoms with Crippen molar-refractivity contribution in [2.75, 3.05) is 13.1 Å². The van der Waals surface area contributed by atoms with Gasteiger partial charge in [0.25, 0.3) is 11.6 Å². The number of benzene rings is 2. The molecule has 156 valence electrons. The van der Waals surface area contributed by atoms with Crippen LogP contribution in [0.2, 0.25) is 5.02 Å². The molecule has 1 aliphatic heterocycles. The molecular formula is C19H15Cl2N3O5S. The topological polar surface area (TPSA) is 110 Å². The second-order valence-electron chi connectivity index (χ2n) is 6.28. The number of halogens is 2. The van der Waals surface area contributed by atoms with Crippen LogP contribution in [0.25, 0.3) is 6.08 Å². The summed E-state index contributed by atoms with van der Waals surface area (Å²) in [6, 6.07) is 10.4. The summed E-state index contributed by atoms with van der Waals surface area (Å²) in [5.41, 5.74) is 0.701. The molecule has 1 atom stereocenters. The summed E-state index contributed by atoms with van der Waals surface area (Å²) < 4.78 is 13.9. The predicted octanol–water partition coefficient (Wildman–Crippen LogP) is 3.05. The minimum absolute atomic E-state index is 0.0388. The largest absolute Gasteiger partial charge is 0.350 e. The van der Waals surface area contributed by atoms with Gasteiger partial charge in [0.2, 0.25) is 5.91 Å². The van der Waals surface area contributed by atoms with Gasteiger partial charge in [-0.05, 0) is 35.9 Å². The van der Waals surface area contributed by atoms with Crippen LogP contribution in [0.1, 0.15) is 11.1 Å². The summed E-state index contributed by atoms with van der Waals surface area (Å²) in [4.78, 5) is 36.2. The van der Waals surface area contributed by atoms with Crippen molar-refractivity contribution >= 4 is 57.8 Å². The molecular weight excluding hydrogens is 453 g/mol. The number of nitrogens with zero attached hydrogens (tertiary/aromatic N) is 2. The number of nitrogens with one attached hydrogen (secondary N) is 1. The number of hydrogen-bond donors (Lipinski definition) is 1. The van der Waals surface area contributed by atoms with Gasteiger partial charge in [-0.25, -0.2) is 8.51 Å². The maximum absolute atomic E-state index is 13.0. The first-order valence-corrected chi connectivity index (χ1v) is 10.6. The van der Waals surface area contributed by atoms with E-state index >= 15 is 0 Å². The molecule has 0 spiro atoms. The Bertz CT molecular complexity index is 1070. The maximum Gasteiger partial charge on any atom is 0.276 e. The van der Waals surface area contributed by atoms with Crippen LogP contribution >= 0.6 is 23.2 Å². The number of alkyl halides is 1. The summed E-state index contributed by atoms with van der Waals surface area (Å²) in [6.07, 6.45) is 1.28. The van der Waals surface area contributed by atoms with Crippen LogP contribution in [0.4, 0.5) is 5.69 Å². The van der Waals surface area contributed by atoms with Crippen molar-refractivity contribution in [2.45, 2.75) is 10.8 Å². The molecule has 30 heavy (non-hydrogen) atoms. The Morgan fingerprint density at radius 2 is 1.90 bits per heavy atom. The van der Waals surface area contributed by atoms with Crippen molar-refractivity contribution in [3.8, 4) is 0 Å². The molecule has 1 N–H and O–H groups in total. The highest BCUT2D eigenvalue weighted by Gasteiger charge is 2.30. The molecule has 1 unspecified atom stereocenters. The zero-order valence-electron chi connectivity index (χ0n) is 15.3. The summed E-state index contributed by atoms with van der Waals surface area (Å²) in [7, 11) is -1.96. The highest BCUT2D eigenvalue weighted by Crippen LogP contribution is 2.26. The van der Waals surface area contributed by atoms with Gasteiger partial charge in [0.15, 0.2) is 11.0 Å². The third kappa shape index (κ3) is 4.86. The molecule has 2 aromatic carbocycles. The van der Waals surface area contributed by atoms with Crippen molar-refractivity contribution in [3.63, 3.8) is 0 Å². The van der Waals surface area contributed by atoms with Crippen LogP contribution in [-0.4, -0.2) is 38.3 Å². The first kappa shape index (κ1) is 21.9. The van der Waals surface area contributed by atoms with E-state index in [4.69, 9.17) is 23.2 Å². The minimum atomic E-state index is -1.96. The van der Waals surface area contributed by atoms with Gasteiger partial charge in [0, 0.05) is 29.1 Å². The lowest BCUT2D eigenvalue weighted by atomic mass is 10.1. The summed E-state index contributed by atoms with van der Waals surface area (Å²) in [5.74, 6) is -0.899. The Morgan fingerprint density at radius 3 is 2.53 bits per heavy atom. The van der Waals surface area contributed by atoms with E-state index in [0.29, 0.717) is 4.90 Å². The van der Waals surface area contributed by atoms with Crippen LogP contribution in [0.3, 0.4) is 0 Å². The van der Waals surface area contributed by atoms with E-state index in [1.54, 1.807) is 24.3 Å². The first-order chi connectivity index (χ1) is 14.3. The number of nitro groups is 1. The van der Waals surface area contributed by atoms with E-state index in [9.17, 15) is 23.9 Å². The number of rotatable bonds is 5. The molecule has 0 aliphatic carbocycles. The summed E-state index contributed by atoms with van der Waals surface area (Å²) >= 11 is 11.7. The van der Waals surface area contributed by atoms with Crippen molar-refractivity contribution in [1.82, 2.24) is 9.62 Å². The zero-order valence-corrected chi connectivity index (χ0v) is 17.7. The lowest BCUT2D eigenvalue weighted by Gasteiger charge is -2.19. The van der Waals surface area contributed by atoms with Gasteiger partial charge in [0.1, 0.15) is 6.54 Å². The molecule has 8 nitrogen and oxygen atoms in total. The number of carbonyl (C=O) groups is 2. The van der Waals surface area contributed by atoms with Crippen molar-refractivity contribution in [1.29, 1.82) is 0 Å². The van der Waals surface area contributed by atoms with E-state index in [2.05, 4.69) is 5.32 Å². The number of amides is 2. The highest BCUT2D eigenvalue weighted by molar-refractivity contribution is 7.83. The van der Waals surface area contributed by atoms with Crippen LogP contribution < -0.4 is 5.32 Å². The molecule has 0 saturated carbocycles. The van der Waals surface area contributed by atoms with E-state index in [-0.39, 0.29) is 34.3 Å². The standard InChI is InChI=1S/C19H15Cl2N3O5S/c20-9-12-1-4-16(5-2-12)30(29)23-11-18(25)22-10-14(19(23)26)7-13-8-15(21)3-6-17(13)24(27)28/h1-8H,9-11H2,(H,22,25)/b14-7+. The van der Waals surface area contributed by atoms with Gasteiger partial charge >= 0.3 is 0 Å². The monoisotopic (exact) mass is 467 g/mol. The van der Waals surface area contributed by atoms with Crippen molar-refractivity contribution < 1.29 is 18.7 Å². The number of hydrogen-bond acceptors (Lipinski definition) is 5. The second kappa shape index (κ2) is 9.38. The highest BCUT2D eigenvalue weighted by atomic mass is 35.5. The van der Waals surface area contributed by atoms with Crippen LogP contribution in [-0.2, 0) is 26.5 Å². The smallest absolute Gasteiger partial charge is 0.276 e. The first-order valence-electron chi connectivity index (χ1n) is 8.60. The number of carbonyl (C=O) groups excluding carboxylic acids is 2. The molecule has 3 rings (SSSR count). The molecule has 1 heterocycles. The lowest BCUT2D eigenvalue weighted by molar-refractivity contribution is -0.385. The second-order valence-corrected chi connectivity index (χ2v) is 8.39. The van der Waals surface area contributed by atoms with E-state index in [1.165, 1.54) is 24.3 Å². The molecule has 2 aromatic rings. The molecule has 0 aromatic heterocycles. The molecule has 1 aliphatic rings. The Kier molecular flexibility index (Phi) is 6.86. The Labute approximate surface area is 184 Å². The fourth-order valence-electron chi connectivity index (χ4n) is 2.75. The van der Waals surface area contributed by atoms with Crippen molar-refractivity contribution in [2.24, 2.45) is 0 Å². The molecule has 2 amide bonds. The van der Waals surface area contributed by atoms with Gasteiger partial charge in [-0.1, -0.05) is 23.7 Å². The number of nitro benzene ring substituents is 1. The third-order valence-electron chi connectivity index (χ3n) is 4.26. The Morgan fingerprint density at radius 1 is 1.20 bits per heavy atom. The van der Waals surface area contributed by atoms with Crippen LogP contribution in [0, 0.1) is 10.1 Å². The molecule has 0 bridgehead atoms. The average molecular weight is 468 g/mol. The van der Waals surface area contributed by atoms with Gasteiger partial charge in [-0.2, -0.15) is 0 Å². The Balaban J connectivity index is 1.99. The van der Waals surface area contributed by atoms with E-state index < -0.39 is 34.3 Å². The van der Waals surface area contributed by atoms with Crippen molar-refractivity contribution in [3.05, 3.63) is 74.3 Å². The third-order valence-corrected chi connectivity index (χ3v) is 6.17. The molecule has 11 heteroatoms. The molecule has 1 fully saturated rings. The summed E-state index contributed by atoms with van der Waals surface area (Å²) in [6.45, 7) is -0.585. The van der Waals surface area contributed by atoms with Crippen LogP contribution in [0.5, 0.6) is 0 Å². The van der Waals surface area contributed by atoms with Gasteiger partial charge in [-0.15, -0.1) is 11.6 Å². The quantitative estimate of drug-likeness (QED) is 0.314. The predicted molar refractivity (Wildman–Crippen MR) is 113 cm³/mol. The normalized spacial score (nSPS) is 16.9. The van der Waals surface area contributed by atoms with Crippen LogP contribution in [0.15, 0.2) is 52.9 Å².